The standard InChI is InChI=1S/C25H24F3N3O5/c1-5-24(34)15-8-18-19-12(9-31(18)22(32)14(15)10-36-23(24)33)6-13-17(30-19)7-16(25(26,27)28)21(35-4)20(13)29-11(2)3/h6-8,11,29,34H,5,9-10H2,1-4H3/t24-/m0/s1. The van der Waals surface area contributed by atoms with Gasteiger partial charge >= 0.3 is 12.1 Å². The summed E-state index contributed by atoms with van der Waals surface area (Å²) in [7, 11) is 1.18. The maximum absolute atomic E-state index is 13.9. The van der Waals surface area contributed by atoms with E-state index in [1.54, 1.807) is 26.8 Å². The average Bonchev–Trinajstić information content (AvgIpc) is 3.17. The number of halogens is 3. The third-order valence-corrected chi connectivity index (χ3v) is 6.71. The predicted molar refractivity (Wildman–Crippen MR) is 125 cm³/mol. The minimum atomic E-state index is -4.69. The number of fused-ring (bicyclic) bond motifs is 5. The molecule has 0 saturated heterocycles. The van der Waals surface area contributed by atoms with E-state index in [4.69, 9.17) is 9.47 Å². The fraction of sp³-hybridized carbons (Fsp3) is 0.400. The number of carbonyl (C=O) groups is 1. The lowest BCUT2D eigenvalue weighted by molar-refractivity contribution is -0.172. The smallest absolute Gasteiger partial charge is 0.420 e. The maximum Gasteiger partial charge on any atom is 0.420 e. The first-order valence-corrected chi connectivity index (χ1v) is 11.5. The van der Waals surface area contributed by atoms with E-state index in [0.717, 1.165) is 6.07 Å². The summed E-state index contributed by atoms with van der Waals surface area (Å²) in [5.41, 5.74) is -1.63. The first kappa shape index (κ1) is 24.1. The third kappa shape index (κ3) is 3.36. The third-order valence-electron chi connectivity index (χ3n) is 6.71. The van der Waals surface area contributed by atoms with Gasteiger partial charge in [0.2, 0.25) is 0 Å². The van der Waals surface area contributed by atoms with Crippen LogP contribution in [0.4, 0.5) is 18.9 Å². The molecule has 0 unspecified atom stereocenters. The number of carbonyl (C=O) groups excluding carboxylic acids is 1. The summed E-state index contributed by atoms with van der Waals surface area (Å²) >= 11 is 0. The SMILES string of the molecule is CC[C@@]1(O)C(=O)OCc2c1cc1n(c2=O)Cc2cc3c(NC(C)C)c(OC)c(C(F)(F)F)cc3nc2-1. The van der Waals surface area contributed by atoms with Crippen LogP contribution in [0.5, 0.6) is 5.75 Å². The van der Waals surface area contributed by atoms with Crippen LogP contribution < -0.4 is 15.6 Å². The second-order valence-electron chi connectivity index (χ2n) is 9.30. The van der Waals surface area contributed by atoms with Crippen molar-refractivity contribution in [2.45, 2.75) is 58.2 Å². The summed E-state index contributed by atoms with van der Waals surface area (Å²) in [5, 5.41) is 14.5. The number of esters is 1. The van der Waals surface area contributed by atoms with Gasteiger partial charge in [0, 0.05) is 22.6 Å². The molecule has 0 spiro atoms. The Morgan fingerprint density at radius 1 is 1.28 bits per heavy atom. The lowest BCUT2D eigenvalue weighted by atomic mass is 9.86. The highest BCUT2D eigenvalue weighted by Crippen LogP contribution is 2.46. The van der Waals surface area contributed by atoms with Gasteiger partial charge in [-0.25, -0.2) is 9.78 Å². The van der Waals surface area contributed by atoms with Gasteiger partial charge in [-0.2, -0.15) is 13.2 Å². The molecule has 5 rings (SSSR count). The van der Waals surface area contributed by atoms with Crippen LogP contribution in [0.3, 0.4) is 0 Å². The van der Waals surface area contributed by atoms with Gasteiger partial charge in [0.1, 0.15) is 12.2 Å². The van der Waals surface area contributed by atoms with Crippen LogP contribution in [0, 0.1) is 0 Å². The quantitative estimate of drug-likeness (QED) is 0.407. The van der Waals surface area contributed by atoms with Gasteiger partial charge in [-0.3, -0.25) is 4.79 Å². The van der Waals surface area contributed by atoms with Crippen LogP contribution in [0.1, 0.15) is 49.4 Å². The lowest BCUT2D eigenvalue weighted by Crippen LogP contribution is -2.44. The van der Waals surface area contributed by atoms with Gasteiger partial charge in [-0.05, 0) is 38.5 Å². The lowest BCUT2D eigenvalue weighted by Gasteiger charge is -2.31. The zero-order valence-electron chi connectivity index (χ0n) is 20.0. The van der Waals surface area contributed by atoms with Crippen molar-refractivity contribution >= 4 is 22.6 Å². The molecule has 2 aliphatic heterocycles. The molecule has 2 N–H and O–H groups in total. The Kier molecular flexibility index (Phi) is 5.33. The number of nitrogens with one attached hydrogen (secondary N) is 1. The van der Waals surface area contributed by atoms with Crippen LogP contribution in [0.15, 0.2) is 23.0 Å². The van der Waals surface area contributed by atoms with Crippen LogP contribution in [0.2, 0.25) is 0 Å². The molecule has 3 aromatic rings. The molecule has 4 heterocycles. The van der Waals surface area contributed by atoms with Crippen molar-refractivity contribution in [3.63, 3.8) is 0 Å². The summed E-state index contributed by atoms with van der Waals surface area (Å²) in [4.78, 5) is 30.2. The Bertz CT molecular complexity index is 1500. The fourth-order valence-electron chi connectivity index (χ4n) is 4.96. The Labute approximate surface area is 203 Å². The largest absolute Gasteiger partial charge is 0.494 e. The number of aliphatic hydroxyl groups is 1. The van der Waals surface area contributed by atoms with E-state index in [0.29, 0.717) is 22.3 Å². The Balaban J connectivity index is 1.80. The second kappa shape index (κ2) is 7.95. The van der Waals surface area contributed by atoms with Gasteiger partial charge < -0.3 is 24.5 Å². The van der Waals surface area contributed by atoms with Crippen LogP contribution >= 0.6 is 0 Å². The summed E-state index contributed by atoms with van der Waals surface area (Å²) in [6, 6.07) is 3.95. The molecule has 8 nitrogen and oxygen atoms in total. The molecule has 2 aliphatic rings. The molecule has 0 saturated carbocycles. The zero-order chi connectivity index (χ0) is 26.2. The highest BCUT2D eigenvalue weighted by Gasteiger charge is 2.45. The van der Waals surface area contributed by atoms with Crippen molar-refractivity contribution in [2.24, 2.45) is 0 Å². The molecule has 36 heavy (non-hydrogen) atoms. The molecular formula is C25H24F3N3O5. The monoisotopic (exact) mass is 503 g/mol. The van der Waals surface area contributed by atoms with Gasteiger partial charge in [-0.1, -0.05) is 6.92 Å². The molecule has 11 heteroatoms. The number of hydrogen-bond donors (Lipinski definition) is 2. The van der Waals surface area contributed by atoms with Crippen molar-refractivity contribution in [1.82, 2.24) is 9.55 Å². The summed E-state index contributed by atoms with van der Waals surface area (Å²) in [6.45, 7) is 5.05. The zero-order valence-corrected chi connectivity index (χ0v) is 20.0. The number of aromatic nitrogens is 2. The van der Waals surface area contributed by atoms with Gasteiger partial charge in [-0.15, -0.1) is 0 Å². The van der Waals surface area contributed by atoms with Crippen molar-refractivity contribution in [3.8, 4) is 17.1 Å². The average molecular weight is 503 g/mol. The molecule has 190 valence electrons. The Morgan fingerprint density at radius 3 is 2.61 bits per heavy atom. The van der Waals surface area contributed by atoms with Crippen molar-refractivity contribution in [2.75, 3.05) is 12.4 Å². The topological polar surface area (TPSA) is 103 Å². The van der Waals surface area contributed by atoms with E-state index in [-0.39, 0.29) is 53.7 Å². The molecule has 0 bridgehead atoms. The molecule has 2 aromatic heterocycles. The first-order valence-electron chi connectivity index (χ1n) is 11.5. The molecule has 1 atom stereocenters. The van der Waals surface area contributed by atoms with Gasteiger partial charge in [0.05, 0.1) is 41.8 Å². The number of anilines is 1. The fourth-order valence-corrected chi connectivity index (χ4v) is 4.96. The molecular weight excluding hydrogens is 479 g/mol. The van der Waals surface area contributed by atoms with Crippen LogP contribution in [-0.4, -0.2) is 33.8 Å². The Morgan fingerprint density at radius 2 is 2.00 bits per heavy atom. The van der Waals surface area contributed by atoms with E-state index in [1.807, 2.05) is 0 Å². The minimum absolute atomic E-state index is 0.0152. The molecule has 0 amide bonds. The number of rotatable bonds is 4. The second-order valence-corrected chi connectivity index (χ2v) is 9.30. The normalized spacial score (nSPS) is 18.6. The molecule has 0 aliphatic carbocycles. The van der Waals surface area contributed by atoms with E-state index in [9.17, 15) is 27.9 Å². The van der Waals surface area contributed by atoms with Crippen molar-refractivity contribution < 1.29 is 32.5 Å². The van der Waals surface area contributed by atoms with Crippen molar-refractivity contribution in [3.05, 3.63) is 50.8 Å². The number of alkyl halides is 3. The first-order chi connectivity index (χ1) is 16.9. The highest BCUT2D eigenvalue weighted by atomic mass is 19.4. The van der Waals surface area contributed by atoms with Crippen LogP contribution in [-0.2, 0) is 34.5 Å². The number of ether oxygens (including phenoxy) is 2. The number of hydrogen-bond acceptors (Lipinski definition) is 7. The Hall–Kier alpha value is -3.60. The number of benzene rings is 1. The maximum atomic E-state index is 13.9. The predicted octanol–water partition coefficient (Wildman–Crippen LogP) is 3.93. The van der Waals surface area contributed by atoms with E-state index in [1.165, 1.54) is 17.7 Å². The van der Waals surface area contributed by atoms with E-state index >= 15 is 0 Å². The van der Waals surface area contributed by atoms with Gasteiger partial charge in [0.25, 0.3) is 5.56 Å². The number of pyridine rings is 2. The minimum Gasteiger partial charge on any atom is -0.494 e. The molecule has 1 aromatic carbocycles. The summed E-state index contributed by atoms with van der Waals surface area (Å²) in [5.74, 6) is -1.19. The number of methoxy groups -OCH3 is 1. The van der Waals surface area contributed by atoms with E-state index < -0.39 is 28.9 Å². The van der Waals surface area contributed by atoms with E-state index in [2.05, 4.69) is 10.3 Å². The summed E-state index contributed by atoms with van der Waals surface area (Å²) in [6.07, 6.45) is -4.71. The van der Waals surface area contributed by atoms with Crippen LogP contribution in [0.25, 0.3) is 22.3 Å². The molecule has 0 radical (unpaired) electrons. The van der Waals surface area contributed by atoms with Crippen molar-refractivity contribution in [1.29, 1.82) is 0 Å². The van der Waals surface area contributed by atoms with Gasteiger partial charge in [0.15, 0.2) is 11.4 Å². The number of cyclic esters (lactones) is 1. The summed E-state index contributed by atoms with van der Waals surface area (Å²) < 4.78 is 53.5. The molecule has 0 fully saturated rings. The number of nitrogens with zero attached hydrogens (tertiary/aromatic N) is 2. The highest BCUT2D eigenvalue weighted by molar-refractivity contribution is 5.98.